The van der Waals surface area contributed by atoms with Gasteiger partial charge >= 0.3 is 0 Å². The Morgan fingerprint density at radius 1 is 1.00 bits per heavy atom. The minimum absolute atomic E-state index is 0.0783. The van der Waals surface area contributed by atoms with E-state index in [1.54, 1.807) is 0 Å². The van der Waals surface area contributed by atoms with Crippen LogP contribution in [-0.4, -0.2) is 35.6 Å². The highest BCUT2D eigenvalue weighted by Crippen LogP contribution is 2.34. The Morgan fingerprint density at radius 2 is 1.79 bits per heavy atom. The largest absolute Gasteiger partial charge is 0.394 e. The van der Waals surface area contributed by atoms with E-state index in [0.717, 1.165) is 42.0 Å². The molecule has 0 aliphatic carbocycles. The van der Waals surface area contributed by atoms with E-state index in [4.69, 9.17) is 21.1 Å². The van der Waals surface area contributed by atoms with E-state index in [9.17, 15) is 10.2 Å². The molecule has 2 aliphatic heterocycles. The van der Waals surface area contributed by atoms with Crippen LogP contribution in [0.4, 0.5) is 0 Å². The van der Waals surface area contributed by atoms with E-state index >= 15 is 0 Å². The number of hydrogen-bond donors (Lipinski definition) is 2. The fraction of sp³-hybridized carbons (Fsp3) is 0.478. The number of aliphatic hydroxyl groups excluding tert-OH is 2. The summed E-state index contributed by atoms with van der Waals surface area (Å²) < 4.78 is 11.7. The number of ether oxygens (including phenoxy) is 2. The quantitative estimate of drug-likeness (QED) is 0.780. The standard InChI is InChI=1S/C23H27ClO4/c24-21-8-7-17(23-13-19(26)12-20(14-25)28-23)11-18(21)10-15-3-5-16(6-4-15)22-2-1-9-27-22/h3-8,11,19-20,22-23,25-26H,1-2,9-10,12-14H2/t19-,20-,22?,23+/m0/s1. The normalized spacial score (nSPS) is 27.8. The number of hydrogen-bond acceptors (Lipinski definition) is 4. The van der Waals surface area contributed by atoms with Gasteiger partial charge in [0.25, 0.3) is 0 Å². The molecule has 0 amide bonds. The maximum absolute atomic E-state index is 10.1. The minimum Gasteiger partial charge on any atom is -0.394 e. The third-order valence-electron chi connectivity index (χ3n) is 5.70. The molecule has 150 valence electrons. The number of halogens is 1. The van der Waals surface area contributed by atoms with Crippen LogP contribution in [0.1, 0.15) is 60.1 Å². The van der Waals surface area contributed by atoms with Gasteiger partial charge in [0.15, 0.2) is 0 Å². The SMILES string of the molecule is OC[C@@H]1C[C@H](O)C[C@H](c2ccc(Cl)c(Cc3ccc(C4CCCO4)cc3)c2)O1. The third kappa shape index (κ3) is 4.58. The highest BCUT2D eigenvalue weighted by Gasteiger charge is 2.29. The first kappa shape index (κ1) is 19.9. The topological polar surface area (TPSA) is 58.9 Å². The van der Waals surface area contributed by atoms with Gasteiger partial charge in [-0.3, -0.25) is 0 Å². The highest BCUT2D eigenvalue weighted by atomic mass is 35.5. The lowest BCUT2D eigenvalue weighted by atomic mass is 9.93. The molecule has 1 unspecified atom stereocenters. The molecule has 4 atom stereocenters. The third-order valence-corrected chi connectivity index (χ3v) is 6.07. The van der Waals surface area contributed by atoms with Gasteiger partial charge in [0.05, 0.1) is 31.0 Å². The van der Waals surface area contributed by atoms with Gasteiger partial charge in [-0.1, -0.05) is 48.0 Å². The van der Waals surface area contributed by atoms with Crippen molar-refractivity contribution in [1.29, 1.82) is 0 Å². The predicted molar refractivity (Wildman–Crippen MR) is 109 cm³/mol. The molecule has 0 radical (unpaired) electrons. The van der Waals surface area contributed by atoms with Crippen molar-refractivity contribution in [2.75, 3.05) is 13.2 Å². The van der Waals surface area contributed by atoms with Gasteiger partial charge in [0.2, 0.25) is 0 Å². The van der Waals surface area contributed by atoms with Crippen molar-refractivity contribution < 1.29 is 19.7 Å². The molecular formula is C23H27ClO4. The summed E-state index contributed by atoms with van der Waals surface area (Å²) in [6, 6.07) is 14.5. The van der Waals surface area contributed by atoms with E-state index in [0.29, 0.717) is 12.8 Å². The lowest BCUT2D eigenvalue weighted by Crippen LogP contribution is -2.33. The van der Waals surface area contributed by atoms with Gasteiger partial charge in [-0.2, -0.15) is 0 Å². The van der Waals surface area contributed by atoms with Gasteiger partial charge < -0.3 is 19.7 Å². The van der Waals surface area contributed by atoms with E-state index in [1.807, 2.05) is 12.1 Å². The van der Waals surface area contributed by atoms with Crippen molar-refractivity contribution in [3.05, 3.63) is 69.7 Å². The zero-order valence-corrected chi connectivity index (χ0v) is 16.6. The van der Waals surface area contributed by atoms with Crippen LogP contribution in [0.3, 0.4) is 0 Å². The Kier molecular flexibility index (Phi) is 6.34. The van der Waals surface area contributed by atoms with Crippen LogP contribution in [0.25, 0.3) is 0 Å². The molecule has 2 aromatic carbocycles. The molecule has 4 rings (SSSR count). The number of aliphatic hydroxyl groups is 2. The van der Waals surface area contributed by atoms with Crippen molar-refractivity contribution in [3.63, 3.8) is 0 Å². The average molecular weight is 403 g/mol. The van der Waals surface area contributed by atoms with Crippen molar-refractivity contribution in [1.82, 2.24) is 0 Å². The lowest BCUT2D eigenvalue weighted by Gasteiger charge is -2.32. The maximum atomic E-state index is 10.1. The molecule has 28 heavy (non-hydrogen) atoms. The Bertz CT molecular complexity index is 786. The van der Waals surface area contributed by atoms with Crippen LogP contribution in [0.2, 0.25) is 5.02 Å². The van der Waals surface area contributed by atoms with E-state index < -0.39 is 6.10 Å². The average Bonchev–Trinajstić information content (AvgIpc) is 3.24. The molecule has 0 bridgehead atoms. The van der Waals surface area contributed by atoms with E-state index in [1.165, 1.54) is 11.1 Å². The zero-order valence-electron chi connectivity index (χ0n) is 15.9. The van der Waals surface area contributed by atoms with Crippen molar-refractivity contribution in [3.8, 4) is 0 Å². The second kappa shape index (κ2) is 8.93. The fourth-order valence-corrected chi connectivity index (χ4v) is 4.35. The summed E-state index contributed by atoms with van der Waals surface area (Å²) in [5, 5.41) is 20.2. The molecule has 0 aromatic heterocycles. The molecule has 0 spiro atoms. The monoisotopic (exact) mass is 402 g/mol. The molecule has 2 fully saturated rings. The first-order valence-corrected chi connectivity index (χ1v) is 10.4. The Labute approximate surface area is 171 Å². The molecule has 2 saturated heterocycles. The maximum Gasteiger partial charge on any atom is 0.0854 e. The van der Waals surface area contributed by atoms with Crippen LogP contribution in [0.15, 0.2) is 42.5 Å². The first-order valence-electron chi connectivity index (χ1n) is 10.1. The molecule has 2 aromatic rings. The van der Waals surface area contributed by atoms with Crippen molar-refractivity contribution in [2.45, 2.75) is 56.5 Å². The minimum atomic E-state index is -0.458. The summed E-state index contributed by atoms with van der Waals surface area (Å²) in [5.41, 5.74) is 4.46. The predicted octanol–water partition coefficient (Wildman–Crippen LogP) is 4.36. The Balaban J connectivity index is 1.49. The van der Waals surface area contributed by atoms with Crippen LogP contribution < -0.4 is 0 Å². The summed E-state index contributed by atoms with van der Waals surface area (Å²) in [6.07, 6.45) is 3.20. The summed E-state index contributed by atoms with van der Waals surface area (Å²) in [6.45, 7) is 0.773. The molecular weight excluding hydrogens is 376 g/mol. The zero-order chi connectivity index (χ0) is 19.5. The van der Waals surface area contributed by atoms with E-state index in [-0.39, 0.29) is 24.9 Å². The second-order valence-electron chi connectivity index (χ2n) is 7.83. The molecule has 2 N–H and O–H groups in total. The van der Waals surface area contributed by atoms with Gasteiger partial charge in [-0.25, -0.2) is 0 Å². The van der Waals surface area contributed by atoms with Gasteiger partial charge in [0, 0.05) is 24.5 Å². The van der Waals surface area contributed by atoms with Crippen LogP contribution >= 0.6 is 11.6 Å². The Morgan fingerprint density at radius 3 is 2.50 bits per heavy atom. The molecule has 2 aliphatic rings. The smallest absolute Gasteiger partial charge is 0.0854 e. The number of benzene rings is 2. The molecule has 5 heteroatoms. The lowest BCUT2D eigenvalue weighted by molar-refractivity contribution is -0.113. The van der Waals surface area contributed by atoms with Crippen LogP contribution in [0.5, 0.6) is 0 Å². The highest BCUT2D eigenvalue weighted by molar-refractivity contribution is 6.31. The van der Waals surface area contributed by atoms with Gasteiger partial charge in [-0.15, -0.1) is 0 Å². The summed E-state index contributed by atoms with van der Waals surface area (Å²) >= 11 is 6.45. The molecule has 0 saturated carbocycles. The van der Waals surface area contributed by atoms with Gasteiger partial charge in [-0.05, 0) is 47.6 Å². The van der Waals surface area contributed by atoms with E-state index in [2.05, 4.69) is 30.3 Å². The molecule has 2 heterocycles. The number of rotatable bonds is 5. The molecule has 4 nitrogen and oxygen atoms in total. The Hall–Kier alpha value is -1.43. The van der Waals surface area contributed by atoms with Crippen molar-refractivity contribution >= 4 is 11.6 Å². The summed E-state index contributed by atoms with van der Waals surface area (Å²) in [5.74, 6) is 0. The van der Waals surface area contributed by atoms with Crippen LogP contribution in [0, 0.1) is 0 Å². The summed E-state index contributed by atoms with van der Waals surface area (Å²) in [4.78, 5) is 0. The summed E-state index contributed by atoms with van der Waals surface area (Å²) in [7, 11) is 0. The van der Waals surface area contributed by atoms with Crippen LogP contribution in [-0.2, 0) is 15.9 Å². The first-order chi connectivity index (χ1) is 13.6. The second-order valence-corrected chi connectivity index (χ2v) is 8.23. The van der Waals surface area contributed by atoms with Crippen molar-refractivity contribution in [2.24, 2.45) is 0 Å². The fourth-order valence-electron chi connectivity index (χ4n) is 4.16. The van der Waals surface area contributed by atoms with Gasteiger partial charge in [0.1, 0.15) is 0 Å².